The van der Waals surface area contributed by atoms with Crippen molar-refractivity contribution in [3.8, 4) is 0 Å². The monoisotopic (exact) mass is 368 g/mol. The summed E-state index contributed by atoms with van der Waals surface area (Å²) in [4.78, 5) is 4.34. The van der Waals surface area contributed by atoms with Crippen molar-refractivity contribution < 1.29 is 0 Å². The smallest absolute Gasteiger partial charge is 0.0420 e. The molecular weight excluding hydrogens is 356 g/mol. The summed E-state index contributed by atoms with van der Waals surface area (Å²) in [6.07, 6.45) is 3.46. The van der Waals surface area contributed by atoms with E-state index in [0.717, 1.165) is 27.5 Å². The van der Waals surface area contributed by atoms with Crippen LogP contribution in [0.15, 0.2) is 51.5 Å². The van der Waals surface area contributed by atoms with Gasteiger partial charge >= 0.3 is 0 Å². The van der Waals surface area contributed by atoms with Gasteiger partial charge in [0.1, 0.15) is 0 Å². The number of nitrogens with zero attached hydrogens (tertiary/aromatic N) is 1. The lowest BCUT2D eigenvalue weighted by molar-refractivity contribution is 0.654. The van der Waals surface area contributed by atoms with E-state index in [-0.39, 0.29) is 6.04 Å². The molecule has 0 aliphatic carbocycles. The second-order valence-electron chi connectivity index (χ2n) is 4.27. The molecule has 0 aliphatic rings. The Balaban J connectivity index is 1.96. The van der Waals surface area contributed by atoms with Crippen LogP contribution >= 0.6 is 31.9 Å². The van der Waals surface area contributed by atoms with Crippen LogP contribution in [0.4, 0.5) is 0 Å². The van der Waals surface area contributed by atoms with Gasteiger partial charge in [0, 0.05) is 33.3 Å². The van der Waals surface area contributed by atoms with Gasteiger partial charge in [-0.2, -0.15) is 0 Å². The second-order valence-corrected chi connectivity index (χ2v) is 6.10. The van der Waals surface area contributed by atoms with Crippen molar-refractivity contribution in [3.05, 3.63) is 62.8 Å². The molecule has 1 atom stereocenters. The lowest BCUT2D eigenvalue weighted by Crippen LogP contribution is -2.25. The number of pyridine rings is 1. The zero-order chi connectivity index (χ0) is 13.0. The van der Waals surface area contributed by atoms with Crippen molar-refractivity contribution in [2.24, 2.45) is 5.73 Å². The first-order valence-electron chi connectivity index (χ1n) is 5.74. The van der Waals surface area contributed by atoms with E-state index in [4.69, 9.17) is 5.73 Å². The highest BCUT2D eigenvalue weighted by atomic mass is 79.9. The molecule has 1 aromatic carbocycles. The Morgan fingerprint density at radius 3 is 2.56 bits per heavy atom. The standard InChI is InChI=1S/C14H14Br2N2/c15-11-3-1-2-10(6-11)7-13(17)8-14-5-4-12(16)9-18-14/h1-6,9,13H,7-8,17H2. The first-order chi connectivity index (χ1) is 8.63. The third kappa shape index (κ3) is 4.19. The SMILES string of the molecule is NC(Cc1cccc(Br)c1)Cc1ccc(Br)cn1. The summed E-state index contributed by atoms with van der Waals surface area (Å²) in [6.45, 7) is 0. The van der Waals surface area contributed by atoms with Gasteiger partial charge in [0.15, 0.2) is 0 Å². The molecule has 2 nitrogen and oxygen atoms in total. The number of hydrogen-bond acceptors (Lipinski definition) is 2. The highest BCUT2D eigenvalue weighted by Crippen LogP contribution is 2.14. The molecule has 4 heteroatoms. The van der Waals surface area contributed by atoms with E-state index in [0.29, 0.717) is 0 Å². The van der Waals surface area contributed by atoms with Crippen molar-refractivity contribution in [2.75, 3.05) is 0 Å². The Morgan fingerprint density at radius 2 is 1.89 bits per heavy atom. The van der Waals surface area contributed by atoms with Crippen LogP contribution in [0.1, 0.15) is 11.3 Å². The first kappa shape index (κ1) is 13.7. The van der Waals surface area contributed by atoms with E-state index in [1.165, 1.54) is 5.56 Å². The summed E-state index contributed by atoms with van der Waals surface area (Å²) >= 11 is 6.84. The lowest BCUT2D eigenvalue weighted by atomic mass is 10.0. The van der Waals surface area contributed by atoms with Crippen molar-refractivity contribution >= 4 is 31.9 Å². The maximum absolute atomic E-state index is 6.16. The molecule has 0 radical (unpaired) electrons. The van der Waals surface area contributed by atoms with Gasteiger partial charge in [-0.05, 0) is 52.2 Å². The quantitative estimate of drug-likeness (QED) is 0.891. The number of nitrogens with two attached hydrogens (primary N) is 1. The van der Waals surface area contributed by atoms with Gasteiger partial charge in [0.25, 0.3) is 0 Å². The van der Waals surface area contributed by atoms with Gasteiger partial charge in [-0.25, -0.2) is 0 Å². The van der Waals surface area contributed by atoms with Crippen LogP contribution in [0.5, 0.6) is 0 Å². The summed E-state index contributed by atoms with van der Waals surface area (Å²) in [5, 5.41) is 0. The van der Waals surface area contributed by atoms with Crippen LogP contribution in [0.25, 0.3) is 0 Å². The fraction of sp³-hybridized carbons (Fsp3) is 0.214. The van der Waals surface area contributed by atoms with Crippen LogP contribution in [-0.2, 0) is 12.8 Å². The molecule has 2 N–H and O–H groups in total. The second kappa shape index (κ2) is 6.45. The average molecular weight is 370 g/mol. The molecule has 0 amide bonds. The van der Waals surface area contributed by atoms with Crippen molar-refractivity contribution in [2.45, 2.75) is 18.9 Å². The van der Waals surface area contributed by atoms with Crippen LogP contribution in [0, 0.1) is 0 Å². The fourth-order valence-corrected chi connectivity index (χ4v) is 2.52. The topological polar surface area (TPSA) is 38.9 Å². The largest absolute Gasteiger partial charge is 0.327 e. The van der Waals surface area contributed by atoms with Gasteiger partial charge in [-0.3, -0.25) is 4.98 Å². The number of aromatic nitrogens is 1. The van der Waals surface area contributed by atoms with E-state index in [1.54, 1.807) is 6.20 Å². The molecule has 2 rings (SSSR count). The summed E-state index contributed by atoms with van der Waals surface area (Å²) in [5.41, 5.74) is 8.43. The van der Waals surface area contributed by atoms with E-state index in [9.17, 15) is 0 Å². The molecule has 0 fully saturated rings. The number of rotatable bonds is 4. The van der Waals surface area contributed by atoms with Crippen molar-refractivity contribution in [1.29, 1.82) is 0 Å². The lowest BCUT2D eigenvalue weighted by Gasteiger charge is -2.11. The summed E-state index contributed by atoms with van der Waals surface area (Å²) in [6, 6.07) is 12.3. The molecule has 0 aliphatic heterocycles. The van der Waals surface area contributed by atoms with E-state index < -0.39 is 0 Å². The van der Waals surface area contributed by atoms with Gasteiger partial charge in [0.2, 0.25) is 0 Å². The predicted molar refractivity (Wildman–Crippen MR) is 81.5 cm³/mol. The maximum atomic E-state index is 6.16. The molecule has 0 bridgehead atoms. The van der Waals surface area contributed by atoms with E-state index >= 15 is 0 Å². The van der Waals surface area contributed by atoms with Crippen LogP contribution in [-0.4, -0.2) is 11.0 Å². The third-order valence-corrected chi connectivity index (χ3v) is 3.61. The predicted octanol–water partition coefficient (Wildman–Crippen LogP) is 3.72. The normalized spacial score (nSPS) is 12.4. The molecule has 0 saturated heterocycles. The molecule has 1 aromatic heterocycles. The Kier molecular flexibility index (Phi) is 4.92. The average Bonchev–Trinajstić information content (AvgIpc) is 2.32. The highest BCUT2D eigenvalue weighted by Gasteiger charge is 2.06. The molecule has 94 valence electrons. The molecule has 18 heavy (non-hydrogen) atoms. The zero-order valence-corrected chi connectivity index (χ0v) is 13.0. The summed E-state index contributed by atoms with van der Waals surface area (Å²) < 4.78 is 2.08. The van der Waals surface area contributed by atoms with Crippen LogP contribution in [0.3, 0.4) is 0 Å². The van der Waals surface area contributed by atoms with Crippen molar-refractivity contribution in [3.63, 3.8) is 0 Å². The Labute approximate surface area is 124 Å². The number of benzene rings is 1. The van der Waals surface area contributed by atoms with Crippen molar-refractivity contribution in [1.82, 2.24) is 4.98 Å². The third-order valence-electron chi connectivity index (χ3n) is 2.65. The molecule has 0 saturated carbocycles. The molecule has 2 aromatic rings. The van der Waals surface area contributed by atoms with Gasteiger partial charge < -0.3 is 5.73 Å². The molecular formula is C14H14Br2N2. The Bertz CT molecular complexity index is 511. The number of halogens is 2. The molecule has 0 spiro atoms. The minimum absolute atomic E-state index is 0.0907. The molecule has 1 unspecified atom stereocenters. The summed E-state index contributed by atoms with van der Waals surface area (Å²) in [5.74, 6) is 0. The van der Waals surface area contributed by atoms with Gasteiger partial charge in [-0.1, -0.05) is 28.1 Å². The van der Waals surface area contributed by atoms with Gasteiger partial charge in [0.05, 0.1) is 0 Å². The minimum Gasteiger partial charge on any atom is -0.327 e. The minimum atomic E-state index is 0.0907. The van der Waals surface area contributed by atoms with E-state index in [2.05, 4.69) is 49.0 Å². The summed E-state index contributed by atoms with van der Waals surface area (Å²) in [7, 11) is 0. The molecule has 1 heterocycles. The Hall–Kier alpha value is -0.710. The van der Waals surface area contributed by atoms with Gasteiger partial charge in [-0.15, -0.1) is 0 Å². The maximum Gasteiger partial charge on any atom is 0.0420 e. The van der Waals surface area contributed by atoms with Crippen LogP contribution in [0.2, 0.25) is 0 Å². The Morgan fingerprint density at radius 1 is 1.06 bits per heavy atom. The highest BCUT2D eigenvalue weighted by molar-refractivity contribution is 9.10. The van der Waals surface area contributed by atoms with E-state index in [1.807, 2.05) is 24.3 Å². The number of hydrogen-bond donors (Lipinski definition) is 1. The fourth-order valence-electron chi connectivity index (χ4n) is 1.83. The zero-order valence-electron chi connectivity index (χ0n) is 9.81. The first-order valence-corrected chi connectivity index (χ1v) is 7.32. The van der Waals surface area contributed by atoms with Crippen LogP contribution < -0.4 is 5.73 Å².